The summed E-state index contributed by atoms with van der Waals surface area (Å²) in [6, 6.07) is 3.28. The molecule has 0 saturated heterocycles. The predicted molar refractivity (Wildman–Crippen MR) is 142 cm³/mol. The third kappa shape index (κ3) is 4.61. The molecule has 0 bridgehead atoms. The van der Waals surface area contributed by atoms with Gasteiger partial charge in [0.25, 0.3) is 0 Å². The summed E-state index contributed by atoms with van der Waals surface area (Å²) in [6.07, 6.45) is 7.28. The van der Waals surface area contributed by atoms with Gasteiger partial charge in [-0.1, -0.05) is 36.4 Å². The molecule has 0 radical (unpaired) electrons. The number of imide groups is 1. The molecule has 1 aliphatic heterocycles. The Bertz CT molecular complexity index is 1410. The fraction of sp³-hybridized carbons (Fsp3) is 0.345. The average molecular weight is 540 g/mol. The molecule has 1 aromatic rings. The number of hydrogen-bond acceptors (Lipinski definition) is 8. The van der Waals surface area contributed by atoms with Crippen LogP contribution in [0.15, 0.2) is 53.3 Å². The van der Waals surface area contributed by atoms with Crippen molar-refractivity contribution in [3.63, 3.8) is 0 Å². The van der Waals surface area contributed by atoms with Crippen LogP contribution in [0.1, 0.15) is 52.2 Å². The van der Waals surface area contributed by atoms with E-state index in [-0.39, 0.29) is 62.2 Å². The molecular formula is C29H33NO9. The normalized spacial score (nSPS) is 26.5. The zero-order valence-corrected chi connectivity index (χ0v) is 21.3. The van der Waals surface area contributed by atoms with Crippen LogP contribution in [0.4, 0.5) is 0 Å². The van der Waals surface area contributed by atoms with Gasteiger partial charge in [0.05, 0.1) is 23.6 Å². The Hall–Kier alpha value is -4.31. The summed E-state index contributed by atoms with van der Waals surface area (Å²) in [4.78, 5) is 64.4. The van der Waals surface area contributed by atoms with Crippen molar-refractivity contribution in [3.8, 4) is 5.75 Å². The summed E-state index contributed by atoms with van der Waals surface area (Å²) in [5, 5.41) is 33.2. The first-order valence-electron chi connectivity index (χ1n) is 12.5. The van der Waals surface area contributed by atoms with Crippen molar-refractivity contribution in [2.24, 2.45) is 17.8 Å². The first kappa shape index (κ1) is 27.7. The number of benzene rings is 1. The SMILES string of the molecule is CC(=O)C1=C(O)C2C(=O)C3=C(O)c4c(ccc(CN5C(=O)C/C=C\C=C/CC5=O)c4O)CC3CC2CC1=O.O.[HH].[HH]. The van der Waals surface area contributed by atoms with Crippen LogP contribution >= 0.6 is 0 Å². The Kier molecular flexibility index (Phi) is 7.43. The number of phenolic OH excluding ortho intramolecular Hbond substituents is 1. The van der Waals surface area contributed by atoms with Crippen LogP contribution in [-0.4, -0.2) is 54.9 Å². The molecule has 3 atom stereocenters. The monoisotopic (exact) mass is 539 g/mol. The number of ketones is 3. The highest BCUT2D eigenvalue weighted by Crippen LogP contribution is 2.50. The first-order chi connectivity index (χ1) is 18.1. The molecular weight excluding hydrogens is 506 g/mol. The Morgan fingerprint density at radius 2 is 1.64 bits per heavy atom. The van der Waals surface area contributed by atoms with Crippen molar-refractivity contribution < 1.29 is 47.6 Å². The maximum absolute atomic E-state index is 13.6. The molecule has 4 aliphatic rings. The van der Waals surface area contributed by atoms with E-state index in [1.807, 2.05) is 0 Å². The highest BCUT2D eigenvalue weighted by atomic mass is 16.3. The molecule has 39 heavy (non-hydrogen) atoms. The number of amides is 2. The molecule has 10 heteroatoms. The number of aliphatic hydroxyl groups excluding tert-OH is 2. The maximum atomic E-state index is 13.6. The van der Waals surface area contributed by atoms with Gasteiger partial charge in [0.15, 0.2) is 17.3 Å². The van der Waals surface area contributed by atoms with Gasteiger partial charge in [-0.2, -0.15) is 0 Å². The van der Waals surface area contributed by atoms with Crippen LogP contribution in [0.2, 0.25) is 0 Å². The Morgan fingerprint density at radius 3 is 2.26 bits per heavy atom. The summed E-state index contributed by atoms with van der Waals surface area (Å²) in [5.41, 5.74) is 0.534. The second-order valence-corrected chi connectivity index (χ2v) is 10.2. The lowest BCUT2D eigenvalue weighted by molar-refractivity contribution is -0.144. The number of carbonyl (C=O) groups excluding carboxylic acids is 5. The highest BCUT2D eigenvalue weighted by Gasteiger charge is 2.50. The molecule has 2 amide bonds. The van der Waals surface area contributed by atoms with Crippen LogP contribution in [0, 0.1) is 17.8 Å². The fourth-order valence-corrected chi connectivity index (χ4v) is 6.10. The number of allylic oxidation sites excluding steroid dienone is 5. The number of nitrogens with zero attached hydrogens (tertiary/aromatic N) is 1. The van der Waals surface area contributed by atoms with Crippen LogP contribution in [0.25, 0.3) is 5.76 Å². The van der Waals surface area contributed by atoms with Crippen LogP contribution in [0.3, 0.4) is 0 Å². The van der Waals surface area contributed by atoms with Gasteiger partial charge in [0, 0.05) is 33.3 Å². The molecule has 0 aromatic heterocycles. The number of carbonyl (C=O) groups is 5. The minimum Gasteiger partial charge on any atom is -0.511 e. The largest absolute Gasteiger partial charge is 0.511 e. The van der Waals surface area contributed by atoms with Crippen molar-refractivity contribution in [1.82, 2.24) is 4.90 Å². The number of Topliss-reactive ketones (excluding diaryl/α,β-unsaturated/α-hetero) is 3. The van der Waals surface area contributed by atoms with Crippen LogP contribution in [-0.2, 0) is 36.9 Å². The quantitative estimate of drug-likeness (QED) is 0.387. The van der Waals surface area contributed by atoms with E-state index in [0.717, 1.165) is 11.8 Å². The van der Waals surface area contributed by atoms with E-state index in [4.69, 9.17) is 0 Å². The molecule has 208 valence electrons. The van der Waals surface area contributed by atoms with Crippen molar-refractivity contribution in [2.75, 3.05) is 0 Å². The van der Waals surface area contributed by atoms with E-state index in [1.54, 1.807) is 36.4 Å². The van der Waals surface area contributed by atoms with Crippen LogP contribution < -0.4 is 0 Å². The van der Waals surface area contributed by atoms with Gasteiger partial charge in [-0.05, 0) is 37.2 Å². The molecule has 5 N–H and O–H groups in total. The smallest absolute Gasteiger partial charge is 0.233 e. The Balaban J connectivity index is 0.00000196. The number of phenols is 1. The van der Waals surface area contributed by atoms with Crippen molar-refractivity contribution >= 4 is 34.9 Å². The van der Waals surface area contributed by atoms with E-state index in [0.29, 0.717) is 18.4 Å². The van der Waals surface area contributed by atoms with Crippen molar-refractivity contribution in [2.45, 2.75) is 45.6 Å². The van der Waals surface area contributed by atoms with E-state index >= 15 is 0 Å². The fourth-order valence-electron chi connectivity index (χ4n) is 6.10. The van der Waals surface area contributed by atoms with Gasteiger partial charge in [0.2, 0.25) is 11.8 Å². The summed E-state index contributed by atoms with van der Waals surface area (Å²) in [7, 11) is 0. The van der Waals surface area contributed by atoms with Crippen molar-refractivity contribution in [3.05, 3.63) is 70.0 Å². The third-order valence-corrected chi connectivity index (χ3v) is 7.85. The van der Waals surface area contributed by atoms with E-state index < -0.39 is 58.4 Å². The summed E-state index contributed by atoms with van der Waals surface area (Å²) in [5.74, 6) is -5.92. The lowest BCUT2D eigenvalue weighted by Gasteiger charge is -2.41. The van der Waals surface area contributed by atoms with Crippen LogP contribution in [0.5, 0.6) is 5.75 Å². The topological polar surface area (TPSA) is 181 Å². The Labute approximate surface area is 226 Å². The third-order valence-electron chi connectivity index (χ3n) is 7.85. The van der Waals surface area contributed by atoms with Gasteiger partial charge in [0.1, 0.15) is 17.3 Å². The summed E-state index contributed by atoms with van der Waals surface area (Å²) < 4.78 is 0. The molecule has 5 rings (SSSR count). The lowest BCUT2D eigenvalue weighted by Crippen LogP contribution is -2.43. The lowest BCUT2D eigenvalue weighted by atomic mass is 9.61. The predicted octanol–water partition coefficient (Wildman–Crippen LogP) is 2.84. The molecule has 1 aromatic carbocycles. The van der Waals surface area contributed by atoms with Gasteiger partial charge >= 0.3 is 0 Å². The zero-order chi connectivity index (χ0) is 27.3. The standard InChI is InChI=1S/C29H27NO8.H2O.2H2/c1-14(31)22-19(32)12-18-11-17-10-15-8-9-16(13-30-20(33)6-4-2-3-5-7-21(30)34)26(35)23(15)28(37)24(17)29(38)25(18)27(22)36;;;/h2-5,8-9,17-18,25,35-37H,6-7,10-13H2,1H3;1H2;2*1H/b4-2-,5-3-;;;. The summed E-state index contributed by atoms with van der Waals surface area (Å²) in [6.45, 7) is 0.944. The van der Waals surface area contributed by atoms with E-state index in [9.17, 15) is 39.3 Å². The second kappa shape index (κ2) is 10.5. The van der Waals surface area contributed by atoms with Gasteiger partial charge in [-0.3, -0.25) is 28.9 Å². The number of aromatic hydroxyl groups is 1. The molecule has 10 nitrogen and oxygen atoms in total. The maximum Gasteiger partial charge on any atom is 0.233 e. The molecule has 1 saturated carbocycles. The number of fused-ring (bicyclic) bond motifs is 3. The average Bonchev–Trinajstić information content (AvgIpc) is 2.91. The zero-order valence-electron chi connectivity index (χ0n) is 21.3. The Morgan fingerprint density at radius 1 is 1.00 bits per heavy atom. The molecule has 1 fully saturated rings. The van der Waals surface area contributed by atoms with E-state index in [1.165, 1.54) is 0 Å². The highest BCUT2D eigenvalue weighted by molar-refractivity contribution is 6.22. The van der Waals surface area contributed by atoms with E-state index in [2.05, 4.69) is 0 Å². The molecule has 3 aliphatic carbocycles. The minimum atomic E-state index is -1.12. The second-order valence-electron chi connectivity index (χ2n) is 10.2. The van der Waals surface area contributed by atoms with Gasteiger partial charge in [-0.25, -0.2) is 0 Å². The van der Waals surface area contributed by atoms with Gasteiger partial charge < -0.3 is 20.8 Å². The number of rotatable bonds is 3. The molecule has 1 heterocycles. The molecule has 3 unspecified atom stereocenters. The molecule has 0 spiro atoms. The number of hydrogen-bond donors (Lipinski definition) is 3. The summed E-state index contributed by atoms with van der Waals surface area (Å²) >= 11 is 0. The van der Waals surface area contributed by atoms with Crippen molar-refractivity contribution in [1.29, 1.82) is 0 Å². The number of aliphatic hydroxyl groups is 2. The first-order valence-corrected chi connectivity index (χ1v) is 12.5. The van der Waals surface area contributed by atoms with Gasteiger partial charge in [-0.15, -0.1) is 0 Å². The minimum absolute atomic E-state index is 0.